The molecule has 1 heterocycles. The van der Waals surface area contributed by atoms with Crippen molar-refractivity contribution in [3.05, 3.63) is 0 Å². The third-order valence-electron chi connectivity index (χ3n) is 3.50. The summed E-state index contributed by atoms with van der Waals surface area (Å²) in [6.07, 6.45) is 4.57. The zero-order chi connectivity index (χ0) is 5.19. The Kier molecular flexibility index (Phi) is 0.418. The predicted octanol–water partition coefficient (Wildman–Crippen LogP) is 0.758. The molecular weight excluding hydrogens is 98.1 g/mol. The van der Waals surface area contributed by atoms with Gasteiger partial charge in [0.2, 0.25) is 0 Å². The highest BCUT2D eigenvalue weighted by Gasteiger charge is 2.67. The average molecular weight is 109 g/mol. The number of nitrogens with one attached hydrogen (secondary N) is 1. The number of piperidine rings is 1. The zero-order valence-corrected chi connectivity index (χ0v) is 4.98. The van der Waals surface area contributed by atoms with E-state index in [-0.39, 0.29) is 0 Å². The fourth-order valence-corrected chi connectivity index (χ4v) is 2.63. The van der Waals surface area contributed by atoms with Gasteiger partial charge >= 0.3 is 0 Å². The number of hydrogen-bond donors (Lipinski definition) is 1. The SMILES string of the molecule is C1CC23CC2NCC13. The van der Waals surface area contributed by atoms with Crippen LogP contribution in [0.4, 0.5) is 0 Å². The molecule has 0 aromatic heterocycles. The molecular formula is C7H11N. The molecule has 3 aliphatic rings. The van der Waals surface area contributed by atoms with Gasteiger partial charge in [0.15, 0.2) is 0 Å². The largest absolute Gasteiger partial charge is 0.313 e. The molecule has 3 atom stereocenters. The average Bonchev–Trinajstić information content (AvgIpc) is 2.36. The van der Waals surface area contributed by atoms with Gasteiger partial charge < -0.3 is 5.32 Å². The lowest BCUT2D eigenvalue weighted by molar-refractivity contribution is 0.183. The first-order valence-corrected chi connectivity index (χ1v) is 3.65. The van der Waals surface area contributed by atoms with Crippen molar-refractivity contribution in [2.45, 2.75) is 25.3 Å². The second-order valence-electron chi connectivity index (χ2n) is 3.63. The van der Waals surface area contributed by atoms with Gasteiger partial charge in [0, 0.05) is 6.04 Å². The highest BCUT2D eigenvalue weighted by atomic mass is 15.1. The van der Waals surface area contributed by atoms with E-state index in [0.717, 1.165) is 17.4 Å². The van der Waals surface area contributed by atoms with Crippen LogP contribution in [0.3, 0.4) is 0 Å². The van der Waals surface area contributed by atoms with Crippen LogP contribution in [0.2, 0.25) is 0 Å². The van der Waals surface area contributed by atoms with Crippen LogP contribution in [0.5, 0.6) is 0 Å². The Labute approximate surface area is 49.5 Å². The Morgan fingerprint density at radius 3 is 2.75 bits per heavy atom. The zero-order valence-electron chi connectivity index (χ0n) is 4.98. The van der Waals surface area contributed by atoms with Crippen LogP contribution in [0.1, 0.15) is 19.3 Å². The fourth-order valence-electron chi connectivity index (χ4n) is 2.63. The van der Waals surface area contributed by atoms with E-state index in [1.807, 2.05) is 0 Å². The van der Waals surface area contributed by atoms with Crippen LogP contribution >= 0.6 is 0 Å². The number of hydrogen-bond acceptors (Lipinski definition) is 1. The van der Waals surface area contributed by atoms with Crippen molar-refractivity contribution in [1.82, 2.24) is 5.32 Å². The van der Waals surface area contributed by atoms with Crippen LogP contribution in [0, 0.1) is 11.3 Å². The first-order valence-electron chi connectivity index (χ1n) is 3.65. The van der Waals surface area contributed by atoms with Crippen LogP contribution in [-0.2, 0) is 0 Å². The van der Waals surface area contributed by atoms with Crippen molar-refractivity contribution in [1.29, 1.82) is 0 Å². The minimum Gasteiger partial charge on any atom is -0.313 e. The van der Waals surface area contributed by atoms with E-state index in [0.29, 0.717) is 0 Å². The van der Waals surface area contributed by atoms with E-state index in [2.05, 4.69) is 5.32 Å². The molecule has 1 spiro atoms. The molecule has 1 heteroatoms. The highest BCUT2D eigenvalue weighted by Crippen LogP contribution is 2.67. The minimum atomic E-state index is 0.889. The second-order valence-corrected chi connectivity index (χ2v) is 3.63. The molecule has 1 N–H and O–H groups in total. The standard InChI is InChI=1S/C7H11N/c1-2-7-3-6(7)8-4-5(1)7/h5-6,8H,1-4H2. The van der Waals surface area contributed by atoms with Crippen molar-refractivity contribution in [3.8, 4) is 0 Å². The normalized spacial score (nSPS) is 66.0. The Morgan fingerprint density at radius 2 is 2.50 bits per heavy atom. The molecule has 0 amide bonds. The molecule has 1 aliphatic heterocycles. The van der Waals surface area contributed by atoms with Crippen molar-refractivity contribution in [2.75, 3.05) is 6.54 Å². The lowest BCUT2D eigenvalue weighted by atomic mass is 9.72. The summed E-state index contributed by atoms with van der Waals surface area (Å²) in [5.74, 6) is 1.10. The van der Waals surface area contributed by atoms with Crippen LogP contribution < -0.4 is 5.32 Å². The van der Waals surface area contributed by atoms with Gasteiger partial charge in [0.05, 0.1) is 0 Å². The van der Waals surface area contributed by atoms with E-state index < -0.39 is 0 Å². The summed E-state index contributed by atoms with van der Waals surface area (Å²) >= 11 is 0. The maximum absolute atomic E-state index is 3.55. The van der Waals surface area contributed by atoms with Gasteiger partial charge in [-0.3, -0.25) is 0 Å². The van der Waals surface area contributed by atoms with Crippen molar-refractivity contribution in [3.63, 3.8) is 0 Å². The third kappa shape index (κ3) is 0.218. The van der Waals surface area contributed by atoms with Crippen LogP contribution in [0.15, 0.2) is 0 Å². The predicted molar refractivity (Wildman–Crippen MR) is 31.6 cm³/mol. The topological polar surface area (TPSA) is 12.0 Å². The van der Waals surface area contributed by atoms with Crippen molar-refractivity contribution >= 4 is 0 Å². The Morgan fingerprint density at radius 1 is 1.50 bits per heavy atom. The van der Waals surface area contributed by atoms with Crippen LogP contribution in [-0.4, -0.2) is 12.6 Å². The van der Waals surface area contributed by atoms with Gasteiger partial charge in [0.1, 0.15) is 0 Å². The summed E-state index contributed by atoms with van der Waals surface area (Å²) in [4.78, 5) is 0. The van der Waals surface area contributed by atoms with E-state index in [9.17, 15) is 0 Å². The molecule has 2 aliphatic carbocycles. The quantitative estimate of drug-likeness (QED) is 0.484. The Hall–Kier alpha value is -0.0400. The molecule has 3 fully saturated rings. The van der Waals surface area contributed by atoms with Gasteiger partial charge in [-0.05, 0) is 37.1 Å². The Balaban J connectivity index is 2.02. The van der Waals surface area contributed by atoms with Crippen LogP contribution in [0.25, 0.3) is 0 Å². The van der Waals surface area contributed by atoms with Gasteiger partial charge in [-0.25, -0.2) is 0 Å². The summed E-state index contributed by atoms with van der Waals surface area (Å²) in [6, 6.07) is 0.973. The Bertz CT molecular complexity index is 137. The van der Waals surface area contributed by atoms with Crippen molar-refractivity contribution in [2.24, 2.45) is 11.3 Å². The summed E-state index contributed by atoms with van der Waals surface area (Å²) in [5.41, 5.74) is 0.889. The van der Waals surface area contributed by atoms with Gasteiger partial charge in [-0.2, -0.15) is 0 Å². The molecule has 0 aromatic carbocycles. The second kappa shape index (κ2) is 0.860. The first-order chi connectivity index (χ1) is 3.92. The molecule has 2 saturated carbocycles. The fraction of sp³-hybridized carbons (Fsp3) is 1.00. The molecule has 44 valence electrons. The molecule has 1 saturated heterocycles. The smallest absolute Gasteiger partial charge is 0.0133 e. The first kappa shape index (κ1) is 3.89. The monoisotopic (exact) mass is 109 g/mol. The number of rotatable bonds is 0. The molecule has 8 heavy (non-hydrogen) atoms. The summed E-state index contributed by atoms with van der Waals surface area (Å²) in [7, 11) is 0. The lowest BCUT2D eigenvalue weighted by Crippen LogP contribution is -2.27. The van der Waals surface area contributed by atoms with E-state index >= 15 is 0 Å². The van der Waals surface area contributed by atoms with E-state index in [4.69, 9.17) is 0 Å². The molecule has 3 unspecified atom stereocenters. The molecule has 3 rings (SSSR count). The van der Waals surface area contributed by atoms with E-state index in [1.54, 1.807) is 0 Å². The maximum Gasteiger partial charge on any atom is 0.0133 e. The third-order valence-corrected chi connectivity index (χ3v) is 3.50. The van der Waals surface area contributed by atoms with Gasteiger partial charge in [-0.1, -0.05) is 0 Å². The summed E-state index contributed by atoms with van der Waals surface area (Å²) in [5, 5.41) is 3.55. The summed E-state index contributed by atoms with van der Waals surface area (Å²) in [6.45, 7) is 1.34. The molecule has 0 aromatic rings. The maximum atomic E-state index is 3.55. The van der Waals surface area contributed by atoms with Crippen molar-refractivity contribution < 1.29 is 0 Å². The lowest BCUT2D eigenvalue weighted by Gasteiger charge is -2.32. The van der Waals surface area contributed by atoms with Gasteiger partial charge in [0.25, 0.3) is 0 Å². The molecule has 1 nitrogen and oxygen atoms in total. The minimum absolute atomic E-state index is 0.889. The summed E-state index contributed by atoms with van der Waals surface area (Å²) < 4.78 is 0. The van der Waals surface area contributed by atoms with Gasteiger partial charge in [-0.15, -0.1) is 0 Å². The molecule has 0 bridgehead atoms. The highest BCUT2D eigenvalue weighted by molar-refractivity contribution is 5.21. The van der Waals surface area contributed by atoms with E-state index in [1.165, 1.54) is 25.8 Å². The molecule has 0 radical (unpaired) electrons.